The normalized spacial score (nSPS) is 9.43. The minimum Gasteiger partial charge on any atom is -0.383 e. The molecule has 0 bridgehead atoms. The minimum atomic E-state index is 0.792. The Morgan fingerprint density at radius 2 is 2.43 bits per heavy atom. The summed E-state index contributed by atoms with van der Waals surface area (Å²) >= 11 is 1.61. The van der Waals surface area contributed by atoms with E-state index in [1.165, 1.54) is 0 Å². The molecule has 0 rings (SSSR count). The fourth-order valence-corrected chi connectivity index (χ4v) is 0.533. The summed E-state index contributed by atoms with van der Waals surface area (Å²) in [5.74, 6) is 0. The fraction of sp³-hybridized carbons (Fsp3) is 1.00. The summed E-state index contributed by atoms with van der Waals surface area (Å²) in [4.78, 5) is 0. The van der Waals surface area contributed by atoms with E-state index in [2.05, 4.69) is 4.72 Å². The highest BCUT2D eigenvalue weighted by Gasteiger charge is 1.77. The molecule has 0 aliphatic rings. The predicted molar refractivity (Wildman–Crippen MR) is 33.4 cm³/mol. The van der Waals surface area contributed by atoms with Crippen LogP contribution in [0, 0.1) is 0 Å². The van der Waals surface area contributed by atoms with Gasteiger partial charge >= 0.3 is 0 Å². The maximum absolute atomic E-state index is 4.77. The molecule has 0 radical (unpaired) electrons. The van der Waals surface area contributed by atoms with Crippen molar-refractivity contribution in [2.75, 3.05) is 26.5 Å². The van der Waals surface area contributed by atoms with E-state index in [1.54, 1.807) is 19.1 Å². The van der Waals surface area contributed by atoms with Gasteiger partial charge in [0.15, 0.2) is 0 Å². The van der Waals surface area contributed by atoms with Gasteiger partial charge in [0, 0.05) is 13.7 Å². The zero-order valence-electron chi connectivity index (χ0n) is 4.73. The summed E-state index contributed by atoms with van der Waals surface area (Å²) < 4.78 is 7.81. The molecule has 0 fully saturated rings. The summed E-state index contributed by atoms with van der Waals surface area (Å²) in [6.45, 7) is 1.72. The van der Waals surface area contributed by atoms with E-state index in [-0.39, 0.29) is 0 Å². The molecule has 0 aromatic rings. The van der Waals surface area contributed by atoms with Gasteiger partial charge in [0.2, 0.25) is 0 Å². The lowest BCUT2D eigenvalue weighted by atomic mass is 10.7. The van der Waals surface area contributed by atoms with Crippen molar-refractivity contribution in [2.45, 2.75) is 0 Å². The molecule has 0 spiro atoms. The van der Waals surface area contributed by atoms with Gasteiger partial charge < -0.3 is 4.74 Å². The van der Waals surface area contributed by atoms with E-state index in [0.29, 0.717) is 0 Å². The predicted octanol–water partition coefficient (Wildman–Crippen LogP) is 0.500. The average molecular weight is 121 g/mol. The number of ether oxygens (including phenoxy) is 1. The van der Waals surface area contributed by atoms with Crippen LogP contribution in [0.3, 0.4) is 0 Å². The number of rotatable bonds is 4. The number of nitrogens with one attached hydrogen (secondary N) is 1. The summed E-state index contributed by atoms with van der Waals surface area (Å²) in [7, 11) is 1.70. The minimum absolute atomic E-state index is 0.792. The average Bonchev–Trinajstić information content (AvgIpc) is 1.69. The molecule has 0 aromatic carbocycles. The smallest absolute Gasteiger partial charge is 0.0596 e. The summed E-state index contributed by atoms with van der Waals surface area (Å²) in [6.07, 6.45) is 2.00. The molecule has 0 aliphatic heterocycles. The quantitative estimate of drug-likeness (QED) is 0.432. The van der Waals surface area contributed by atoms with Gasteiger partial charge in [0.1, 0.15) is 0 Å². The Kier molecular flexibility index (Phi) is 6.51. The lowest BCUT2D eigenvalue weighted by Gasteiger charge is -1.95. The second-order valence-electron chi connectivity index (χ2n) is 1.09. The molecule has 3 heteroatoms. The van der Waals surface area contributed by atoms with Crippen LogP contribution in [0.4, 0.5) is 0 Å². The van der Waals surface area contributed by atoms with Gasteiger partial charge in [0.25, 0.3) is 0 Å². The Hall–Kier alpha value is 0.270. The summed E-state index contributed by atoms with van der Waals surface area (Å²) in [5.41, 5.74) is 0. The van der Waals surface area contributed by atoms with Crippen LogP contribution in [0.25, 0.3) is 0 Å². The molecule has 7 heavy (non-hydrogen) atoms. The molecular weight excluding hydrogens is 110 g/mol. The molecule has 0 aromatic heterocycles. The highest BCUT2D eigenvalue weighted by molar-refractivity contribution is 7.96. The van der Waals surface area contributed by atoms with Crippen LogP contribution in [0.2, 0.25) is 0 Å². The maximum atomic E-state index is 4.77. The lowest BCUT2D eigenvalue weighted by Crippen LogP contribution is -2.09. The van der Waals surface area contributed by atoms with Gasteiger partial charge in [0.05, 0.1) is 6.61 Å². The highest BCUT2D eigenvalue weighted by atomic mass is 32.2. The van der Waals surface area contributed by atoms with Gasteiger partial charge in [-0.05, 0) is 6.26 Å². The van der Waals surface area contributed by atoms with Crippen molar-refractivity contribution < 1.29 is 4.74 Å². The molecule has 44 valence electrons. The monoisotopic (exact) mass is 121 g/mol. The fourth-order valence-electron chi connectivity index (χ4n) is 0.246. The zero-order chi connectivity index (χ0) is 5.54. The van der Waals surface area contributed by atoms with Crippen molar-refractivity contribution >= 4 is 11.9 Å². The van der Waals surface area contributed by atoms with E-state index < -0.39 is 0 Å². The van der Waals surface area contributed by atoms with E-state index in [9.17, 15) is 0 Å². The van der Waals surface area contributed by atoms with Gasteiger partial charge in [-0.25, -0.2) is 0 Å². The van der Waals surface area contributed by atoms with E-state index in [1.807, 2.05) is 6.26 Å². The van der Waals surface area contributed by atoms with Crippen molar-refractivity contribution in [2.24, 2.45) is 0 Å². The molecule has 1 N–H and O–H groups in total. The maximum Gasteiger partial charge on any atom is 0.0596 e. The lowest BCUT2D eigenvalue weighted by molar-refractivity contribution is 0.205. The highest BCUT2D eigenvalue weighted by Crippen LogP contribution is 1.78. The number of hydrogen-bond acceptors (Lipinski definition) is 3. The molecule has 0 atom stereocenters. The third-order valence-corrected chi connectivity index (χ3v) is 1.05. The van der Waals surface area contributed by atoms with Crippen LogP contribution >= 0.6 is 11.9 Å². The topological polar surface area (TPSA) is 21.3 Å². The van der Waals surface area contributed by atoms with E-state index in [0.717, 1.165) is 13.2 Å². The molecule has 2 nitrogen and oxygen atoms in total. The van der Waals surface area contributed by atoms with Crippen molar-refractivity contribution in [3.8, 4) is 0 Å². The Bertz CT molecular complexity index is 30.9. The largest absolute Gasteiger partial charge is 0.383 e. The van der Waals surface area contributed by atoms with Crippen LogP contribution in [0.1, 0.15) is 0 Å². The SMILES string of the molecule is COCCNSC. The molecular formula is C4H11NOS. The van der Waals surface area contributed by atoms with Crippen molar-refractivity contribution in [3.05, 3.63) is 0 Å². The van der Waals surface area contributed by atoms with Gasteiger partial charge in [-0.1, -0.05) is 11.9 Å². The first-order chi connectivity index (χ1) is 3.41. The molecule has 0 saturated heterocycles. The first-order valence-corrected chi connectivity index (χ1v) is 3.39. The molecule has 0 saturated carbocycles. The van der Waals surface area contributed by atoms with Crippen LogP contribution in [0.15, 0.2) is 0 Å². The Morgan fingerprint density at radius 3 is 2.86 bits per heavy atom. The number of hydrogen-bond donors (Lipinski definition) is 1. The second kappa shape index (κ2) is 6.27. The second-order valence-corrected chi connectivity index (χ2v) is 1.79. The van der Waals surface area contributed by atoms with Gasteiger partial charge in [-0.3, -0.25) is 4.72 Å². The van der Waals surface area contributed by atoms with Gasteiger partial charge in [-0.15, -0.1) is 0 Å². The van der Waals surface area contributed by atoms with Crippen molar-refractivity contribution in [1.82, 2.24) is 4.72 Å². The van der Waals surface area contributed by atoms with Crippen LogP contribution < -0.4 is 4.72 Å². The number of methoxy groups -OCH3 is 1. The van der Waals surface area contributed by atoms with Gasteiger partial charge in [-0.2, -0.15) is 0 Å². The molecule has 0 unspecified atom stereocenters. The van der Waals surface area contributed by atoms with Crippen molar-refractivity contribution in [1.29, 1.82) is 0 Å². The Labute approximate surface area is 48.8 Å². The molecule has 0 heterocycles. The standard InChI is InChI=1S/C4H11NOS/c1-6-4-3-5-7-2/h5H,3-4H2,1-2H3. The van der Waals surface area contributed by atoms with Crippen molar-refractivity contribution in [3.63, 3.8) is 0 Å². The van der Waals surface area contributed by atoms with E-state index in [4.69, 9.17) is 4.74 Å². The Balaban J connectivity index is 2.45. The van der Waals surface area contributed by atoms with Crippen LogP contribution in [0.5, 0.6) is 0 Å². The first-order valence-electron chi connectivity index (χ1n) is 2.16. The Morgan fingerprint density at radius 1 is 1.71 bits per heavy atom. The van der Waals surface area contributed by atoms with Crippen LogP contribution in [-0.2, 0) is 4.74 Å². The summed E-state index contributed by atoms with van der Waals surface area (Å²) in [5, 5.41) is 0. The van der Waals surface area contributed by atoms with E-state index >= 15 is 0 Å². The third kappa shape index (κ3) is 6.27. The molecule has 0 amide bonds. The summed E-state index contributed by atoms with van der Waals surface area (Å²) in [6, 6.07) is 0. The van der Waals surface area contributed by atoms with Crippen LogP contribution in [-0.4, -0.2) is 26.5 Å². The zero-order valence-corrected chi connectivity index (χ0v) is 5.55. The molecule has 0 aliphatic carbocycles. The third-order valence-electron chi connectivity index (χ3n) is 0.553. The first kappa shape index (κ1) is 7.27.